The minimum atomic E-state index is -0.286. The topological polar surface area (TPSA) is 37.0 Å². The molecule has 100 valence electrons. The van der Waals surface area contributed by atoms with E-state index in [2.05, 4.69) is 38.5 Å². The molecule has 0 unspecified atom stereocenters. The van der Waals surface area contributed by atoms with Crippen molar-refractivity contribution in [3.05, 3.63) is 46.7 Å². The maximum atomic E-state index is 13.2. The van der Waals surface area contributed by atoms with E-state index in [9.17, 15) is 4.39 Å². The molecule has 0 aliphatic rings. The predicted molar refractivity (Wildman–Crippen MR) is 80.4 cm³/mol. The highest BCUT2D eigenvalue weighted by atomic mass is 79.9. The monoisotopic (exact) mass is 323 g/mol. The molecule has 1 aromatic heterocycles. The first-order valence-corrected chi connectivity index (χ1v) is 6.91. The Morgan fingerprint density at radius 1 is 1.21 bits per heavy atom. The first-order valence-electron chi connectivity index (χ1n) is 6.12. The van der Waals surface area contributed by atoms with Crippen molar-refractivity contribution in [2.75, 3.05) is 17.2 Å². The van der Waals surface area contributed by atoms with Crippen molar-refractivity contribution in [3.63, 3.8) is 0 Å². The molecule has 0 atom stereocenters. The van der Waals surface area contributed by atoms with Gasteiger partial charge in [-0.15, -0.1) is 0 Å². The zero-order chi connectivity index (χ0) is 13.7. The summed E-state index contributed by atoms with van der Waals surface area (Å²) in [5.41, 5.74) is 0.653. The fraction of sp³-hybridized carbons (Fsp3) is 0.214. The molecule has 0 saturated heterocycles. The molecule has 1 aromatic carbocycles. The van der Waals surface area contributed by atoms with E-state index >= 15 is 0 Å². The van der Waals surface area contributed by atoms with Crippen LogP contribution in [-0.4, -0.2) is 11.5 Å². The lowest BCUT2D eigenvalue weighted by atomic mass is 10.3. The lowest BCUT2D eigenvalue weighted by molar-refractivity contribution is 0.628. The number of aromatic nitrogens is 1. The summed E-state index contributed by atoms with van der Waals surface area (Å²) >= 11 is 3.38. The van der Waals surface area contributed by atoms with Crippen LogP contribution in [0.4, 0.5) is 21.7 Å². The number of halogens is 2. The highest BCUT2D eigenvalue weighted by Crippen LogP contribution is 2.26. The van der Waals surface area contributed by atoms with Crippen LogP contribution >= 0.6 is 15.9 Å². The highest BCUT2D eigenvalue weighted by molar-refractivity contribution is 9.10. The largest absolute Gasteiger partial charge is 0.370 e. The second-order valence-corrected chi connectivity index (χ2v) is 4.94. The molecule has 3 nitrogen and oxygen atoms in total. The van der Waals surface area contributed by atoms with E-state index in [1.54, 1.807) is 6.07 Å². The van der Waals surface area contributed by atoms with Crippen LogP contribution in [0.15, 0.2) is 40.9 Å². The minimum Gasteiger partial charge on any atom is -0.370 e. The fourth-order valence-corrected chi connectivity index (χ4v) is 1.93. The van der Waals surface area contributed by atoms with E-state index in [4.69, 9.17) is 0 Å². The van der Waals surface area contributed by atoms with E-state index in [-0.39, 0.29) is 5.82 Å². The van der Waals surface area contributed by atoms with Crippen molar-refractivity contribution < 1.29 is 4.39 Å². The Labute approximate surface area is 120 Å². The van der Waals surface area contributed by atoms with E-state index in [1.807, 2.05) is 18.2 Å². The number of hydrogen-bond donors (Lipinski definition) is 2. The Hall–Kier alpha value is -1.62. The van der Waals surface area contributed by atoms with Crippen LogP contribution in [-0.2, 0) is 0 Å². The SMILES string of the molecule is CCCNc1cccc(Nc2cc(F)ccc2Br)n1. The van der Waals surface area contributed by atoms with Crippen LogP contribution in [0, 0.1) is 5.82 Å². The number of benzene rings is 1. The minimum absolute atomic E-state index is 0.286. The van der Waals surface area contributed by atoms with Gasteiger partial charge in [0.25, 0.3) is 0 Å². The molecule has 0 amide bonds. The van der Waals surface area contributed by atoms with E-state index < -0.39 is 0 Å². The average Bonchev–Trinajstić information content (AvgIpc) is 2.41. The molecule has 0 fully saturated rings. The summed E-state index contributed by atoms with van der Waals surface area (Å²) in [6, 6.07) is 10.1. The van der Waals surface area contributed by atoms with Gasteiger partial charge in [-0.2, -0.15) is 0 Å². The Morgan fingerprint density at radius 3 is 2.79 bits per heavy atom. The van der Waals surface area contributed by atoms with Gasteiger partial charge in [-0.05, 0) is 52.7 Å². The molecule has 0 aliphatic carbocycles. The van der Waals surface area contributed by atoms with Crippen LogP contribution in [0.1, 0.15) is 13.3 Å². The van der Waals surface area contributed by atoms with Crippen LogP contribution in [0.25, 0.3) is 0 Å². The highest BCUT2D eigenvalue weighted by Gasteiger charge is 2.03. The number of nitrogens with zero attached hydrogens (tertiary/aromatic N) is 1. The molecule has 5 heteroatoms. The zero-order valence-electron chi connectivity index (χ0n) is 10.6. The molecule has 1 heterocycles. The number of nitrogens with one attached hydrogen (secondary N) is 2. The molecule has 2 rings (SSSR count). The molecule has 2 aromatic rings. The second-order valence-electron chi connectivity index (χ2n) is 4.08. The van der Waals surface area contributed by atoms with E-state index in [0.29, 0.717) is 11.5 Å². The van der Waals surface area contributed by atoms with Crippen LogP contribution < -0.4 is 10.6 Å². The van der Waals surface area contributed by atoms with E-state index in [1.165, 1.54) is 12.1 Å². The molecule has 0 saturated carbocycles. The molecular weight excluding hydrogens is 309 g/mol. The predicted octanol–water partition coefficient (Wildman–Crippen LogP) is 4.55. The van der Waals surface area contributed by atoms with Gasteiger partial charge in [0.2, 0.25) is 0 Å². The standard InChI is InChI=1S/C14H15BrFN3/c1-2-8-17-13-4-3-5-14(19-13)18-12-9-10(16)6-7-11(12)15/h3-7,9H,2,8H2,1H3,(H2,17,18,19). The molecule has 0 bridgehead atoms. The van der Waals surface area contributed by atoms with Gasteiger partial charge in [0.15, 0.2) is 0 Å². The maximum Gasteiger partial charge on any atom is 0.132 e. The first-order chi connectivity index (χ1) is 9.19. The molecule has 2 N–H and O–H groups in total. The van der Waals surface area contributed by atoms with Crippen molar-refractivity contribution in [1.29, 1.82) is 0 Å². The van der Waals surface area contributed by atoms with Gasteiger partial charge in [0.05, 0.1) is 5.69 Å². The number of hydrogen-bond acceptors (Lipinski definition) is 3. The van der Waals surface area contributed by atoms with Gasteiger partial charge in [-0.3, -0.25) is 0 Å². The van der Waals surface area contributed by atoms with Gasteiger partial charge in [0.1, 0.15) is 17.5 Å². The summed E-state index contributed by atoms with van der Waals surface area (Å²) in [6.45, 7) is 2.97. The third kappa shape index (κ3) is 3.92. The summed E-state index contributed by atoms with van der Waals surface area (Å²) in [5, 5.41) is 6.30. The van der Waals surface area contributed by atoms with Gasteiger partial charge in [-0.25, -0.2) is 9.37 Å². The van der Waals surface area contributed by atoms with Crippen molar-refractivity contribution in [2.45, 2.75) is 13.3 Å². The Morgan fingerprint density at radius 2 is 2.00 bits per heavy atom. The Kier molecular flexibility index (Phi) is 4.74. The van der Waals surface area contributed by atoms with Crippen molar-refractivity contribution in [1.82, 2.24) is 4.98 Å². The average molecular weight is 324 g/mol. The van der Waals surface area contributed by atoms with Gasteiger partial charge in [-0.1, -0.05) is 13.0 Å². The summed E-state index contributed by atoms with van der Waals surface area (Å²) in [7, 11) is 0. The summed E-state index contributed by atoms with van der Waals surface area (Å²) in [6.07, 6.45) is 1.04. The Bertz CT molecular complexity index is 560. The Balaban J connectivity index is 2.16. The van der Waals surface area contributed by atoms with Crippen molar-refractivity contribution >= 4 is 33.3 Å². The smallest absolute Gasteiger partial charge is 0.132 e. The van der Waals surface area contributed by atoms with Gasteiger partial charge >= 0.3 is 0 Å². The number of anilines is 3. The van der Waals surface area contributed by atoms with Crippen LogP contribution in [0.3, 0.4) is 0 Å². The zero-order valence-corrected chi connectivity index (χ0v) is 12.2. The normalized spacial score (nSPS) is 10.3. The molecule has 19 heavy (non-hydrogen) atoms. The third-order valence-electron chi connectivity index (χ3n) is 2.50. The number of rotatable bonds is 5. The van der Waals surface area contributed by atoms with E-state index in [0.717, 1.165) is 23.3 Å². The van der Waals surface area contributed by atoms with Crippen molar-refractivity contribution in [3.8, 4) is 0 Å². The molecular formula is C14H15BrFN3. The molecule has 0 radical (unpaired) electrons. The summed E-state index contributed by atoms with van der Waals surface area (Å²) in [4.78, 5) is 4.41. The van der Waals surface area contributed by atoms with Gasteiger partial charge in [0, 0.05) is 11.0 Å². The van der Waals surface area contributed by atoms with Crippen LogP contribution in [0.2, 0.25) is 0 Å². The van der Waals surface area contributed by atoms with Crippen LogP contribution in [0.5, 0.6) is 0 Å². The molecule has 0 spiro atoms. The first kappa shape index (κ1) is 13.8. The lowest BCUT2D eigenvalue weighted by Crippen LogP contribution is -2.03. The summed E-state index contributed by atoms with van der Waals surface area (Å²) in [5.74, 6) is 1.19. The van der Waals surface area contributed by atoms with Gasteiger partial charge < -0.3 is 10.6 Å². The summed E-state index contributed by atoms with van der Waals surface area (Å²) < 4.78 is 14.0. The lowest BCUT2D eigenvalue weighted by Gasteiger charge is -2.10. The quantitative estimate of drug-likeness (QED) is 0.847. The molecule has 0 aliphatic heterocycles. The second kappa shape index (κ2) is 6.52. The maximum absolute atomic E-state index is 13.2. The number of pyridine rings is 1. The third-order valence-corrected chi connectivity index (χ3v) is 3.19. The fourth-order valence-electron chi connectivity index (χ4n) is 1.59. The van der Waals surface area contributed by atoms with Crippen molar-refractivity contribution in [2.24, 2.45) is 0 Å².